The molecule has 0 aliphatic carbocycles. The molecule has 3 rings (SSSR count). The second-order valence-electron chi connectivity index (χ2n) is 10.8. The molecule has 0 fully saturated rings. The zero-order chi connectivity index (χ0) is 25.3. The molecule has 3 nitrogen and oxygen atoms in total. The van der Waals surface area contributed by atoms with E-state index in [2.05, 4.69) is 73.8 Å². The van der Waals surface area contributed by atoms with Crippen LogP contribution in [0, 0.1) is 0 Å². The number of carbonyl (C=O) groups excluding carboxylic acids is 1. The van der Waals surface area contributed by atoms with Gasteiger partial charge in [0.05, 0.1) is 18.7 Å². The number of hydrogen-bond acceptors (Lipinski definition) is 2. The summed E-state index contributed by atoms with van der Waals surface area (Å²) in [6.45, 7) is 14.0. The van der Waals surface area contributed by atoms with Crippen LogP contribution in [0.15, 0.2) is 40.9 Å². The fourth-order valence-electron chi connectivity index (χ4n) is 4.38. The first-order valence-corrected chi connectivity index (χ1v) is 16.4. The van der Waals surface area contributed by atoms with Crippen LogP contribution in [0.2, 0.25) is 28.2 Å². The molecule has 0 aromatic heterocycles. The van der Waals surface area contributed by atoms with Crippen LogP contribution in [0.4, 0.5) is 0 Å². The molecule has 0 N–H and O–H groups in total. The summed E-state index contributed by atoms with van der Waals surface area (Å²) in [5, 5.41) is 1.44. The second kappa shape index (κ2) is 11.0. The molecule has 1 aliphatic heterocycles. The maximum Gasteiger partial charge on any atom is 0.223 e. The minimum Gasteiger partial charge on any atom is -0.415 e. The highest BCUT2D eigenvalue weighted by Crippen LogP contribution is 2.40. The zero-order valence-corrected chi connectivity index (χ0v) is 25.1. The molecule has 0 bridgehead atoms. The minimum absolute atomic E-state index is 0.00623. The Labute approximate surface area is 224 Å². The maximum atomic E-state index is 13.6. The Morgan fingerprint density at radius 2 is 1.76 bits per heavy atom. The van der Waals surface area contributed by atoms with Crippen LogP contribution in [-0.2, 0) is 22.1 Å². The first-order chi connectivity index (χ1) is 15.8. The average Bonchev–Trinajstić information content (AvgIpc) is 2.74. The Balaban J connectivity index is 1.79. The maximum absolute atomic E-state index is 13.6. The van der Waals surface area contributed by atoms with Crippen LogP contribution in [0.5, 0.6) is 0 Å². The average molecular weight is 585 g/mol. The minimum atomic E-state index is -1.94. The van der Waals surface area contributed by atoms with Gasteiger partial charge in [-0.05, 0) is 79.2 Å². The number of halogens is 3. The van der Waals surface area contributed by atoms with Gasteiger partial charge in [-0.15, -0.1) is 0 Å². The Morgan fingerprint density at radius 3 is 2.38 bits per heavy atom. The van der Waals surface area contributed by atoms with Gasteiger partial charge in [0.25, 0.3) is 0 Å². The van der Waals surface area contributed by atoms with E-state index in [4.69, 9.17) is 27.6 Å². The van der Waals surface area contributed by atoms with Crippen molar-refractivity contribution in [1.82, 2.24) is 4.90 Å². The van der Waals surface area contributed by atoms with Gasteiger partial charge in [0.1, 0.15) is 0 Å². The molecule has 0 saturated carbocycles. The molecule has 2 aromatic rings. The number of rotatable bonds is 7. The summed E-state index contributed by atoms with van der Waals surface area (Å²) in [6, 6.07) is 11.8. The Kier molecular flexibility index (Phi) is 9.00. The molecule has 0 spiro atoms. The van der Waals surface area contributed by atoms with Gasteiger partial charge in [0, 0.05) is 20.9 Å². The van der Waals surface area contributed by atoms with E-state index in [9.17, 15) is 4.79 Å². The third-order valence-electron chi connectivity index (χ3n) is 7.47. The molecule has 0 unspecified atom stereocenters. The Morgan fingerprint density at radius 1 is 1.15 bits per heavy atom. The molecule has 0 radical (unpaired) electrons. The topological polar surface area (TPSA) is 29.5 Å². The molecular weight excluding hydrogens is 549 g/mol. The lowest BCUT2D eigenvalue weighted by atomic mass is 9.88. The smallest absolute Gasteiger partial charge is 0.223 e. The molecule has 1 heterocycles. The highest BCUT2D eigenvalue weighted by atomic mass is 79.9. The fraction of sp³-hybridized carbons (Fsp3) is 0.519. The number of benzene rings is 2. The highest BCUT2D eigenvalue weighted by Gasteiger charge is 2.40. The molecule has 2 aromatic carbocycles. The van der Waals surface area contributed by atoms with Crippen molar-refractivity contribution in [1.29, 1.82) is 0 Å². The number of fused-ring (bicyclic) bond motifs is 1. The first kappa shape index (κ1) is 27.7. The van der Waals surface area contributed by atoms with Crippen LogP contribution in [0.3, 0.4) is 0 Å². The summed E-state index contributed by atoms with van der Waals surface area (Å²) in [5.41, 5.74) is 3.41. The van der Waals surface area contributed by atoms with E-state index in [0.29, 0.717) is 35.9 Å². The van der Waals surface area contributed by atoms with Gasteiger partial charge >= 0.3 is 0 Å². The first-order valence-electron chi connectivity index (χ1n) is 12.0. The third kappa shape index (κ3) is 6.10. The van der Waals surface area contributed by atoms with Crippen LogP contribution >= 0.6 is 39.1 Å². The van der Waals surface area contributed by atoms with E-state index < -0.39 is 8.32 Å². The van der Waals surface area contributed by atoms with Crippen LogP contribution in [0.1, 0.15) is 63.3 Å². The van der Waals surface area contributed by atoms with Crippen molar-refractivity contribution < 1.29 is 9.22 Å². The number of carbonyl (C=O) groups is 1. The van der Waals surface area contributed by atoms with Crippen molar-refractivity contribution in [3.63, 3.8) is 0 Å². The second-order valence-corrected chi connectivity index (χ2v) is 17.2. The van der Waals surface area contributed by atoms with E-state index in [1.165, 1.54) is 11.1 Å². The predicted molar refractivity (Wildman–Crippen MR) is 149 cm³/mol. The number of hydrogen-bond donors (Lipinski definition) is 0. The lowest BCUT2D eigenvalue weighted by Crippen LogP contribution is -2.51. The SMILES string of the molecule is C[C@H]1c2cccc(Br)c2C[C@H](CO[Si](C)(C)C(C)(C)C)N1C(=O)CCCc1c(Cl)cccc1Cl. The molecule has 1 amide bonds. The van der Waals surface area contributed by atoms with Crippen molar-refractivity contribution in [3.05, 3.63) is 67.6 Å². The number of nitrogens with zero attached hydrogens (tertiary/aromatic N) is 1. The summed E-state index contributed by atoms with van der Waals surface area (Å²) in [7, 11) is -1.94. The van der Waals surface area contributed by atoms with Crippen molar-refractivity contribution >= 4 is 53.4 Å². The van der Waals surface area contributed by atoms with E-state index in [0.717, 1.165) is 16.5 Å². The summed E-state index contributed by atoms with van der Waals surface area (Å²) in [4.78, 5) is 15.7. The Hall–Kier alpha value is -0.853. The molecular formula is C27H36BrCl2NO2Si. The molecule has 7 heteroatoms. The summed E-state index contributed by atoms with van der Waals surface area (Å²) >= 11 is 16.4. The summed E-state index contributed by atoms with van der Waals surface area (Å²) < 4.78 is 7.72. The van der Waals surface area contributed by atoms with Crippen LogP contribution in [-0.4, -0.2) is 31.8 Å². The molecule has 186 valence electrons. The van der Waals surface area contributed by atoms with Gasteiger partial charge in [-0.3, -0.25) is 4.79 Å². The van der Waals surface area contributed by atoms with Crippen molar-refractivity contribution in [2.24, 2.45) is 0 Å². The molecule has 34 heavy (non-hydrogen) atoms. The standard InChI is InChI=1S/C27H36BrCl2NO2Si/c1-18-20-10-7-12-23(28)22(20)16-19(17-33-34(5,6)27(2,3)4)31(18)26(32)15-8-11-21-24(29)13-9-14-25(21)30/h7,9-10,12-14,18-19H,8,11,15-17H2,1-6H3/t18-,19+/m0/s1. The van der Waals surface area contributed by atoms with Crippen LogP contribution < -0.4 is 0 Å². The monoisotopic (exact) mass is 583 g/mol. The third-order valence-corrected chi connectivity index (χ3v) is 13.4. The normalized spacial score (nSPS) is 18.7. The van der Waals surface area contributed by atoms with Crippen LogP contribution in [0.25, 0.3) is 0 Å². The number of amides is 1. The van der Waals surface area contributed by atoms with E-state index in [1.807, 2.05) is 24.3 Å². The lowest BCUT2D eigenvalue weighted by Gasteiger charge is -2.44. The van der Waals surface area contributed by atoms with Crippen molar-refractivity contribution in [2.45, 2.75) is 83.6 Å². The van der Waals surface area contributed by atoms with Gasteiger partial charge in [-0.2, -0.15) is 0 Å². The largest absolute Gasteiger partial charge is 0.415 e. The quantitative estimate of drug-likeness (QED) is 0.305. The zero-order valence-electron chi connectivity index (χ0n) is 21.1. The van der Waals surface area contributed by atoms with Gasteiger partial charge < -0.3 is 9.33 Å². The summed E-state index contributed by atoms with van der Waals surface area (Å²) in [5.74, 6) is 0.158. The van der Waals surface area contributed by atoms with E-state index in [-0.39, 0.29) is 23.0 Å². The van der Waals surface area contributed by atoms with Crippen molar-refractivity contribution in [3.8, 4) is 0 Å². The van der Waals surface area contributed by atoms with Gasteiger partial charge in [0.15, 0.2) is 8.32 Å². The highest BCUT2D eigenvalue weighted by molar-refractivity contribution is 9.10. The molecule has 1 aliphatic rings. The summed E-state index contributed by atoms with van der Waals surface area (Å²) in [6.07, 6.45) is 2.62. The lowest BCUT2D eigenvalue weighted by molar-refractivity contribution is -0.137. The predicted octanol–water partition coefficient (Wildman–Crippen LogP) is 8.61. The van der Waals surface area contributed by atoms with Gasteiger partial charge in [0.2, 0.25) is 5.91 Å². The van der Waals surface area contributed by atoms with Gasteiger partial charge in [-0.1, -0.05) is 78.1 Å². The fourth-order valence-corrected chi connectivity index (χ4v) is 6.55. The Bertz CT molecular complexity index is 1020. The van der Waals surface area contributed by atoms with E-state index in [1.54, 1.807) is 0 Å². The van der Waals surface area contributed by atoms with Gasteiger partial charge in [-0.25, -0.2) is 0 Å². The van der Waals surface area contributed by atoms with E-state index >= 15 is 0 Å². The van der Waals surface area contributed by atoms with Crippen molar-refractivity contribution in [2.75, 3.05) is 6.61 Å². The molecule has 0 saturated heterocycles. The molecule has 2 atom stereocenters.